The fraction of sp³-hybridized carbons (Fsp3) is 0.233. The first-order valence-electron chi connectivity index (χ1n) is 12.5. The van der Waals surface area contributed by atoms with Crippen LogP contribution in [0.1, 0.15) is 28.3 Å². The van der Waals surface area contributed by atoms with Crippen LogP contribution in [0.25, 0.3) is 10.9 Å². The molecule has 8 nitrogen and oxygen atoms in total. The van der Waals surface area contributed by atoms with Crippen LogP contribution in [0.3, 0.4) is 0 Å². The highest BCUT2D eigenvalue weighted by atomic mass is 16.4. The Balaban J connectivity index is 1.53. The number of carbonyl (C=O) groups excluding carboxylic acids is 2. The van der Waals surface area contributed by atoms with Gasteiger partial charge in [0.1, 0.15) is 11.3 Å². The molecule has 2 aliphatic rings. The van der Waals surface area contributed by atoms with Gasteiger partial charge in [-0.2, -0.15) is 0 Å². The fourth-order valence-corrected chi connectivity index (χ4v) is 6.15. The summed E-state index contributed by atoms with van der Waals surface area (Å²) in [6, 6.07) is 18.5. The topological polar surface area (TPSA) is 123 Å². The summed E-state index contributed by atoms with van der Waals surface area (Å²) >= 11 is 0. The van der Waals surface area contributed by atoms with E-state index in [2.05, 4.69) is 10.3 Å². The Kier molecular flexibility index (Phi) is 5.39. The molecule has 2 fully saturated rings. The molecule has 0 saturated carbocycles. The standard InChI is InChI=1S/C30H27N3O5/c1-16-11-12-19(13-17(16)2)33-27(35)24-25(28(33)36)30(29(37)38,32-26(24)21-8-4-6-10-23(21)34)14-18-15-31-22-9-5-3-7-20(18)22/h3-13,15,24-26,31-32,34H,14H2,1-2H3,(H,37,38)/t24-,25+,26+,30+/m0/s1. The van der Waals surface area contributed by atoms with Crippen LogP contribution in [-0.4, -0.2) is 38.5 Å². The molecule has 192 valence electrons. The number of aromatic amines is 1. The largest absolute Gasteiger partial charge is 0.508 e. The lowest BCUT2D eigenvalue weighted by Gasteiger charge is -2.31. The van der Waals surface area contributed by atoms with Crippen molar-refractivity contribution in [2.45, 2.75) is 31.8 Å². The van der Waals surface area contributed by atoms with Crippen LogP contribution in [0.4, 0.5) is 5.69 Å². The number of carboxylic acids is 1. The number of carboxylic acid groups (broad SMARTS) is 1. The lowest BCUT2D eigenvalue weighted by Crippen LogP contribution is -2.57. The van der Waals surface area contributed by atoms with E-state index in [0.717, 1.165) is 32.5 Å². The van der Waals surface area contributed by atoms with Crippen LogP contribution >= 0.6 is 0 Å². The number of aliphatic carboxylic acids is 1. The van der Waals surface area contributed by atoms with Gasteiger partial charge in [-0.1, -0.05) is 42.5 Å². The normalized spacial score (nSPS) is 24.8. The number of benzene rings is 3. The number of amides is 2. The first-order valence-corrected chi connectivity index (χ1v) is 12.5. The predicted octanol–water partition coefficient (Wildman–Crippen LogP) is 4.01. The maximum Gasteiger partial charge on any atom is 0.325 e. The molecule has 0 aliphatic carbocycles. The van der Waals surface area contributed by atoms with Crippen LogP contribution in [0, 0.1) is 25.7 Å². The van der Waals surface area contributed by atoms with Gasteiger partial charge in [-0.25, -0.2) is 4.90 Å². The number of aryl methyl sites for hydroxylation is 2. The Bertz CT molecular complexity index is 1630. The van der Waals surface area contributed by atoms with Gasteiger partial charge < -0.3 is 15.2 Å². The highest BCUT2D eigenvalue weighted by molar-refractivity contribution is 6.24. The Morgan fingerprint density at radius 2 is 1.71 bits per heavy atom. The summed E-state index contributed by atoms with van der Waals surface area (Å²) in [5.41, 5.74) is 2.51. The molecule has 2 aliphatic heterocycles. The number of nitrogens with one attached hydrogen (secondary N) is 2. The van der Waals surface area contributed by atoms with E-state index in [1.54, 1.807) is 36.5 Å². The molecule has 4 aromatic rings. The van der Waals surface area contributed by atoms with Gasteiger partial charge in [0.15, 0.2) is 0 Å². The van der Waals surface area contributed by atoms with Crippen LogP contribution in [-0.2, 0) is 20.8 Å². The monoisotopic (exact) mass is 509 g/mol. The van der Waals surface area contributed by atoms with Crippen molar-refractivity contribution in [2.75, 3.05) is 4.90 Å². The molecule has 0 bridgehead atoms. The fourth-order valence-electron chi connectivity index (χ4n) is 6.15. The van der Waals surface area contributed by atoms with Gasteiger partial charge in [-0.3, -0.25) is 19.7 Å². The molecule has 3 heterocycles. The summed E-state index contributed by atoms with van der Waals surface area (Å²) in [5.74, 6) is -4.53. The van der Waals surface area contributed by atoms with Gasteiger partial charge in [0.05, 0.1) is 17.5 Å². The van der Waals surface area contributed by atoms with E-state index in [1.165, 1.54) is 6.07 Å². The third-order valence-corrected chi connectivity index (χ3v) is 8.20. The van der Waals surface area contributed by atoms with Gasteiger partial charge in [-0.15, -0.1) is 0 Å². The molecular formula is C30H27N3O5. The molecule has 0 radical (unpaired) electrons. The molecule has 4 N–H and O–H groups in total. The summed E-state index contributed by atoms with van der Waals surface area (Å²) in [6.45, 7) is 3.84. The van der Waals surface area contributed by atoms with E-state index in [1.807, 2.05) is 44.2 Å². The third-order valence-electron chi connectivity index (χ3n) is 8.20. The number of carbonyl (C=O) groups is 3. The van der Waals surface area contributed by atoms with Crippen LogP contribution < -0.4 is 10.2 Å². The molecule has 0 unspecified atom stereocenters. The van der Waals surface area contributed by atoms with Gasteiger partial charge >= 0.3 is 5.97 Å². The van der Waals surface area contributed by atoms with Gasteiger partial charge in [-0.05, 0) is 54.8 Å². The van der Waals surface area contributed by atoms with Gasteiger partial charge in [0.2, 0.25) is 11.8 Å². The maximum atomic E-state index is 14.1. The molecule has 3 aromatic carbocycles. The number of imide groups is 1. The third kappa shape index (κ3) is 3.37. The predicted molar refractivity (Wildman–Crippen MR) is 142 cm³/mol. The quantitative estimate of drug-likeness (QED) is 0.302. The first-order chi connectivity index (χ1) is 18.2. The van der Waals surface area contributed by atoms with E-state index in [4.69, 9.17) is 0 Å². The van der Waals surface area contributed by atoms with Gasteiger partial charge in [0, 0.05) is 35.1 Å². The molecule has 4 atom stereocenters. The minimum Gasteiger partial charge on any atom is -0.508 e. The zero-order chi connectivity index (χ0) is 26.8. The number of rotatable bonds is 5. The minimum absolute atomic E-state index is 0.0304. The molecule has 0 spiro atoms. The minimum atomic E-state index is -1.79. The second-order valence-electron chi connectivity index (χ2n) is 10.3. The number of nitrogens with zero attached hydrogens (tertiary/aromatic N) is 1. The van der Waals surface area contributed by atoms with Crippen molar-refractivity contribution < 1.29 is 24.6 Å². The SMILES string of the molecule is Cc1ccc(N2C(=O)[C@@H]3[C@@H](c4ccccc4O)N[C@@](Cc4c[nH]c5ccccc45)(C(=O)O)[C@H]3C2=O)cc1C. The van der Waals surface area contributed by atoms with Crippen molar-refractivity contribution >= 4 is 34.4 Å². The van der Waals surface area contributed by atoms with E-state index in [0.29, 0.717) is 11.3 Å². The van der Waals surface area contributed by atoms with E-state index < -0.39 is 41.2 Å². The van der Waals surface area contributed by atoms with Crippen LogP contribution in [0.15, 0.2) is 72.9 Å². The number of fused-ring (bicyclic) bond motifs is 2. The molecular weight excluding hydrogens is 482 g/mol. The van der Waals surface area contributed by atoms with Crippen molar-refractivity contribution in [3.8, 4) is 5.75 Å². The van der Waals surface area contributed by atoms with Crippen LogP contribution in [0.5, 0.6) is 5.75 Å². The number of phenolic OH excluding ortho intramolecular Hbond substituents is 1. The number of hydrogen-bond acceptors (Lipinski definition) is 5. The zero-order valence-electron chi connectivity index (χ0n) is 20.9. The number of H-pyrrole nitrogens is 1. The van der Waals surface area contributed by atoms with E-state index in [9.17, 15) is 24.6 Å². The maximum absolute atomic E-state index is 14.1. The van der Waals surface area contributed by atoms with E-state index in [-0.39, 0.29) is 12.2 Å². The second kappa shape index (κ2) is 8.56. The number of para-hydroxylation sites is 2. The summed E-state index contributed by atoms with van der Waals surface area (Å²) < 4.78 is 0. The van der Waals surface area contributed by atoms with Crippen molar-refractivity contribution in [1.82, 2.24) is 10.3 Å². The molecule has 2 amide bonds. The molecule has 38 heavy (non-hydrogen) atoms. The zero-order valence-corrected chi connectivity index (χ0v) is 20.9. The summed E-state index contributed by atoms with van der Waals surface area (Å²) in [5, 5.41) is 25.5. The second-order valence-corrected chi connectivity index (χ2v) is 10.3. The lowest BCUT2D eigenvalue weighted by molar-refractivity contribution is -0.148. The Hall–Kier alpha value is -4.43. The molecule has 1 aromatic heterocycles. The summed E-state index contributed by atoms with van der Waals surface area (Å²) in [6.07, 6.45) is 1.72. The highest BCUT2D eigenvalue weighted by Crippen LogP contribution is 2.52. The number of aromatic hydroxyl groups is 1. The Morgan fingerprint density at radius 3 is 2.45 bits per heavy atom. The van der Waals surface area contributed by atoms with Gasteiger partial charge in [0.25, 0.3) is 0 Å². The number of hydrogen-bond donors (Lipinski definition) is 4. The lowest BCUT2D eigenvalue weighted by atomic mass is 9.76. The highest BCUT2D eigenvalue weighted by Gasteiger charge is 2.69. The summed E-state index contributed by atoms with van der Waals surface area (Å²) in [4.78, 5) is 45.6. The first kappa shape index (κ1) is 23.9. The van der Waals surface area contributed by atoms with Crippen molar-refractivity contribution in [2.24, 2.45) is 11.8 Å². The number of anilines is 1. The average molecular weight is 510 g/mol. The number of aromatic nitrogens is 1. The average Bonchev–Trinajstić information content (AvgIpc) is 3.54. The Morgan fingerprint density at radius 1 is 0.974 bits per heavy atom. The number of phenols is 1. The molecule has 8 heteroatoms. The molecule has 6 rings (SSSR count). The molecule has 2 saturated heterocycles. The van der Waals surface area contributed by atoms with Crippen molar-refractivity contribution in [3.63, 3.8) is 0 Å². The van der Waals surface area contributed by atoms with Crippen molar-refractivity contribution in [1.29, 1.82) is 0 Å². The van der Waals surface area contributed by atoms with Crippen LogP contribution in [0.2, 0.25) is 0 Å². The smallest absolute Gasteiger partial charge is 0.325 e. The Labute approximate surface area is 218 Å². The van der Waals surface area contributed by atoms with Crippen molar-refractivity contribution in [3.05, 3.63) is 95.2 Å². The van der Waals surface area contributed by atoms with E-state index >= 15 is 0 Å². The summed E-state index contributed by atoms with van der Waals surface area (Å²) in [7, 11) is 0.